The standard InChI is InChI=1S/C13H8ClF3O3S/c14-21(18,19)12-4-2-1-3-11(12)9-5-7-10(8-6-9)20-13(15,16)17/h1-8H. The van der Waals surface area contributed by atoms with E-state index in [2.05, 4.69) is 4.74 Å². The van der Waals surface area contributed by atoms with Gasteiger partial charge in [-0.25, -0.2) is 8.42 Å². The second kappa shape index (κ2) is 5.57. The normalized spacial score (nSPS) is 12.2. The summed E-state index contributed by atoms with van der Waals surface area (Å²) in [4.78, 5) is -0.115. The third-order valence-corrected chi connectivity index (χ3v) is 3.93. The Balaban J connectivity index is 2.41. The van der Waals surface area contributed by atoms with Gasteiger partial charge in [0, 0.05) is 16.2 Å². The quantitative estimate of drug-likeness (QED) is 0.790. The summed E-state index contributed by atoms with van der Waals surface area (Å²) in [5, 5.41) is 0. The van der Waals surface area contributed by atoms with Gasteiger partial charge in [-0.15, -0.1) is 13.2 Å². The van der Waals surface area contributed by atoms with E-state index in [4.69, 9.17) is 10.7 Å². The fourth-order valence-electron chi connectivity index (χ4n) is 1.75. The molecule has 0 bridgehead atoms. The molecule has 8 heteroatoms. The lowest BCUT2D eigenvalue weighted by Gasteiger charge is -2.10. The van der Waals surface area contributed by atoms with Crippen LogP contribution in [0.3, 0.4) is 0 Å². The Morgan fingerprint density at radius 3 is 2.05 bits per heavy atom. The predicted molar refractivity (Wildman–Crippen MR) is 71.6 cm³/mol. The first-order valence-corrected chi connectivity index (χ1v) is 7.88. The van der Waals surface area contributed by atoms with Gasteiger partial charge in [0.15, 0.2) is 0 Å². The Kier molecular flexibility index (Phi) is 4.15. The lowest BCUT2D eigenvalue weighted by atomic mass is 10.1. The first kappa shape index (κ1) is 15.7. The van der Waals surface area contributed by atoms with Crippen molar-refractivity contribution in [1.82, 2.24) is 0 Å². The highest BCUT2D eigenvalue weighted by molar-refractivity contribution is 8.13. The number of benzene rings is 2. The van der Waals surface area contributed by atoms with Gasteiger partial charge in [-0.1, -0.05) is 30.3 Å². The highest BCUT2D eigenvalue weighted by atomic mass is 35.7. The maximum absolute atomic E-state index is 12.1. The third kappa shape index (κ3) is 4.12. The van der Waals surface area contributed by atoms with Gasteiger partial charge in [0.1, 0.15) is 5.75 Å². The van der Waals surface area contributed by atoms with Crippen molar-refractivity contribution >= 4 is 19.7 Å². The zero-order valence-electron chi connectivity index (χ0n) is 10.3. The Morgan fingerprint density at radius 2 is 1.52 bits per heavy atom. The van der Waals surface area contributed by atoms with Gasteiger partial charge in [-0.05, 0) is 23.8 Å². The molecule has 0 aliphatic rings. The molecule has 0 spiro atoms. The van der Waals surface area contributed by atoms with Crippen molar-refractivity contribution in [2.24, 2.45) is 0 Å². The highest BCUT2D eigenvalue weighted by Crippen LogP contribution is 2.31. The molecule has 0 unspecified atom stereocenters. The summed E-state index contributed by atoms with van der Waals surface area (Å²) >= 11 is 0. The van der Waals surface area contributed by atoms with Crippen LogP contribution in [0.25, 0.3) is 11.1 Å². The summed E-state index contributed by atoms with van der Waals surface area (Å²) in [7, 11) is 1.37. The van der Waals surface area contributed by atoms with E-state index >= 15 is 0 Å². The van der Waals surface area contributed by atoms with Crippen LogP contribution in [0.5, 0.6) is 5.75 Å². The van der Waals surface area contributed by atoms with Gasteiger partial charge >= 0.3 is 6.36 Å². The third-order valence-electron chi connectivity index (χ3n) is 2.55. The molecule has 0 amide bonds. The monoisotopic (exact) mass is 336 g/mol. The summed E-state index contributed by atoms with van der Waals surface area (Å²) in [5.41, 5.74) is 0.704. The summed E-state index contributed by atoms with van der Waals surface area (Å²) in [6.45, 7) is 0. The SMILES string of the molecule is O=S(=O)(Cl)c1ccccc1-c1ccc(OC(F)(F)F)cc1. The van der Waals surface area contributed by atoms with Gasteiger partial charge in [-0.3, -0.25) is 0 Å². The van der Waals surface area contributed by atoms with E-state index in [0.717, 1.165) is 12.1 Å². The molecule has 0 aliphatic heterocycles. The van der Waals surface area contributed by atoms with Crippen molar-refractivity contribution in [3.05, 3.63) is 48.5 Å². The Bertz CT molecular complexity index is 740. The minimum absolute atomic E-state index is 0.115. The largest absolute Gasteiger partial charge is 0.573 e. The summed E-state index contributed by atoms with van der Waals surface area (Å²) in [6.07, 6.45) is -4.78. The van der Waals surface area contributed by atoms with Crippen LogP contribution in [0.2, 0.25) is 0 Å². The van der Waals surface area contributed by atoms with Crippen LogP contribution in [0.1, 0.15) is 0 Å². The predicted octanol–water partition coefficient (Wildman–Crippen LogP) is 4.18. The Labute approximate surface area is 123 Å². The van der Waals surface area contributed by atoms with E-state index in [9.17, 15) is 21.6 Å². The average molecular weight is 337 g/mol. The number of ether oxygens (including phenoxy) is 1. The van der Waals surface area contributed by atoms with E-state index < -0.39 is 21.2 Å². The number of hydrogen-bond donors (Lipinski definition) is 0. The Morgan fingerprint density at radius 1 is 0.952 bits per heavy atom. The van der Waals surface area contributed by atoms with Crippen molar-refractivity contribution in [3.8, 4) is 16.9 Å². The van der Waals surface area contributed by atoms with Crippen LogP contribution in [0.4, 0.5) is 13.2 Å². The van der Waals surface area contributed by atoms with Crippen LogP contribution in [0.15, 0.2) is 53.4 Å². The molecule has 2 aromatic rings. The number of alkyl halides is 3. The fraction of sp³-hybridized carbons (Fsp3) is 0.0769. The lowest BCUT2D eigenvalue weighted by Crippen LogP contribution is -2.16. The van der Waals surface area contributed by atoms with Gasteiger partial charge in [0.05, 0.1) is 4.90 Å². The van der Waals surface area contributed by atoms with E-state index in [0.29, 0.717) is 11.1 Å². The lowest BCUT2D eigenvalue weighted by molar-refractivity contribution is -0.274. The molecule has 112 valence electrons. The van der Waals surface area contributed by atoms with Crippen LogP contribution in [-0.2, 0) is 9.05 Å². The summed E-state index contributed by atoms with van der Waals surface area (Å²) in [6, 6.07) is 10.8. The summed E-state index contributed by atoms with van der Waals surface area (Å²) in [5.74, 6) is -0.391. The molecule has 0 aliphatic carbocycles. The average Bonchev–Trinajstić information content (AvgIpc) is 2.37. The van der Waals surface area contributed by atoms with E-state index in [1.807, 2.05) is 0 Å². The van der Waals surface area contributed by atoms with Crippen molar-refractivity contribution in [2.45, 2.75) is 11.3 Å². The van der Waals surface area contributed by atoms with E-state index in [-0.39, 0.29) is 4.90 Å². The molecule has 21 heavy (non-hydrogen) atoms. The second-order valence-electron chi connectivity index (χ2n) is 4.01. The Hall–Kier alpha value is -1.73. The van der Waals surface area contributed by atoms with Crippen molar-refractivity contribution in [3.63, 3.8) is 0 Å². The first-order valence-electron chi connectivity index (χ1n) is 5.57. The van der Waals surface area contributed by atoms with Crippen molar-refractivity contribution < 1.29 is 26.3 Å². The maximum Gasteiger partial charge on any atom is 0.573 e. The van der Waals surface area contributed by atoms with Crippen LogP contribution >= 0.6 is 10.7 Å². The van der Waals surface area contributed by atoms with Gasteiger partial charge in [-0.2, -0.15) is 0 Å². The molecular formula is C13H8ClF3O3S. The van der Waals surface area contributed by atoms with Crippen LogP contribution in [0, 0.1) is 0 Å². The maximum atomic E-state index is 12.1. The van der Waals surface area contributed by atoms with Gasteiger partial charge in [0.2, 0.25) is 0 Å². The second-order valence-corrected chi connectivity index (χ2v) is 6.54. The molecule has 3 nitrogen and oxygen atoms in total. The van der Waals surface area contributed by atoms with Crippen LogP contribution < -0.4 is 4.74 Å². The highest BCUT2D eigenvalue weighted by Gasteiger charge is 2.31. The molecule has 0 saturated carbocycles. The number of hydrogen-bond acceptors (Lipinski definition) is 3. The molecule has 2 rings (SSSR count). The fourth-order valence-corrected chi connectivity index (χ4v) is 2.85. The molecule has 0 saturated heterocycles. The van der Waals surface area contributed by atoms with Gasteiger partial charge in [0.25, 0.3) is 9.05 Å². The zero-order chi connectivity index (χ0) is 15.7. The zero-order valence-corrected chi connectivity index (χ0v) is 11.8. The van der Waals surface area contributed by atoms with Gasteiger partial charge < -0.3 is 4.74 Å². The molecule has 0 N–H and O–H groups in total. The van der Waals surface area contributed by atoms with Crippen LogP contribution in [-0.4, -0.2) is 14.8 Å². The summed E-state index contributed by atoms with van der Waals surface area (Å²) < 4.78 is 62.9. The molecular weight excluding hydrogens is 329 g/mol. The van der Waals surface area contributed by atoms with Crippen molar-refractivity contribution in [1.29, 1.82) is 0 Å². The topological polar surface area (TPSA) is 43.4 Å². The minimum Gasteiger partial charge on any atom is -0.406 e. The molecule has 2 aromatic carbocycles. The van der Waals surface area contributed by atoms with E-state index in [1.54, 1.807) is 6.07 Å². The smallest absolute Gasteiger partial charge is 0.406 e. The molecule has 0 fully saturated rings. The van der Waals surface area contributed by atoms with Crippen molar-refractivity contribution in [2.75, 3.05) is 0 Å². The molecule has 0 aromatic heterocycles. The number of rotatable bonds is 3. The minimum atomic E-state index is -4.78. The first-order chi connectivity index (χ1) is 9.67. The van der Waals surface area contributed by atoms with E-state index in [1.165, 1.54) is 30.3 Å². The molecule has 0 heterocycles. The molecule has 0 atom stereocenters. The molecule has 0 radical (unpaired) electrons. The number of halogens is 4.